The fourth-order valence-corrected chi connectivity index (χ4v) is 1.89. The Morgan fingerprint density at radius 1 is 1.28 bits per heavy atom. The third-order valence-electron chi connectivity index (χ3n) is 2.83. The van der Waals surface area contributed by atoms with Crippen LogP contribution >= 0.6 is 0 Å². The highest BCUT2D eigenvalue weighted by Gasteiger charge is 2.26. The summed E-state index contributed by atoms with van der Waals surface area (Å²) in [5.74, 6) is -1.78. The highest BCUT2D eigenvalue weighted by atomic mass is 19.1. The Morgan fingerprint density at radius 2 is 2.06 bits per heavy atom. The molecule has 0 saturated heterocycles. The first kappa shape index (κ1) is 12.7. The van der Waals surface area contributed by atoms with E-state index in [1.165, 1.54) is 12.3 Å². The van der Waals surface area contributed by atoms with Gasteiger partial charge in [-0.05, 0) is 23.8 Å². The van der Waals surface area contributed by atoms with Gasteiger partial charge in [-0.2, -0.15) is 0 Å². The van der Waals surface area contributed by atoms with Gasteiger partial charge in [-0.1, -0.05) is 6.07 Å². The number of halogens is 2. The lowest BCUT2D eigenvalue weighted by molar-refractivity contribution is 0.120. The van der Waals surface area contributed by atoms with Crippen LogP contribution in [0.3, 0.4) is 0 Å². The van der Waals surface area contributed by atoms with E-state index in [1.807, 2.05) is 0 Å². The van der Waals surface area contributed by atoms with Crippen LogP contribution < -0.4 is 5.73 Å². The maximum absolute atomic E-state index is 13.7. The number of aliphatic hydroxyl groups excluding tert-OH is 1. The topological polar surface area (TPSA) is 59.4 Å². The van der Waals surface area contributed by atoms with Crippen molar-refractivity contribution in [2.75, 3.05) is 6.54 Å². The molecule has 5 heteroatoms. The predicted molar refractivity (Wildman–Crippen MR) is 61.8 cm³/mol. The van der Waals surface area contributed by atoms with Crippen LogP contribution in [0.4, 0.5) is 8.78 Å². The van der Waals surface area contributed by atoms with Crippen LogP contribution in [0, 0.1) is 11.6 Å². The molecule has 2 rings (SSSR count). The third kappa shape index (κ3) is 2.42. The Kier molecular flexibility index (Phi) is 3.74. The largest absolute Gasteiger partial charge is 0.467 e. The van der Waals surface area contributed by atoms with Crippen molar-refractivity contribution in [2.45, 2.75) is 12.0 Å². The first-order valence-corrected chi connectivity index (χ1v) is 5.50. The van der Waals surface area contributed by atoms with Gasteiger partial charge >= 0.3 is 0 Å². The molecule has 2 atom stereocenters. The second-order valence-corrected chi connectivity index (χ2v) is 3.97. The van der Waals surface area contributed by atoms with Gasteiger partial charge < -0.3 is 15.3 Å². The molecule has 0 aliphatic rings. The number of hydrogen-bond acceptors (Lipinski definition) is 3. The van der Waals surface area contributed by atoms with Crippen molar-refractivity contribution in [3.8, 4) is 0 Å². The molecule has 0 amide bonds. The predicted octanol–water partition coefficient (Wildman–Crippen LogP) is 2.33. The molecule has 18 heavy (non-hydrogen) atoms. The van der Waals surface area contributed by atoms with Gasteiger partial charge in [0.2, 0.25) is 0 Å². The third-order valence-corrected chi connectivity index (χ3v) is 2.83. The molecule has 1 heterocycles. The van der Waals surface area contributed by atoms with E-state index >= 15 is 0 Å². The van der Waals surface area contributed by atoms with Gasteiger partial charge in [0, 0.05) is 18.5 Å². The number of benzene rings is 1. The summed E-state index contributed by atoms with van der Waals surface area (Å²) in [6, 6.07) is 6.39. The lowest BCUT2D eigenvalue weighted by Crippen LogP contribution is -2.21. The Morgan fingerprint density at radius 3 is 2.61 bits per heavy atom. The average Bonchev–Trinajstić information content (AvgIpc) is 2.86. The van der Waals surface area contributed by atoms with Gasteiger partial charge in [-0.3, -0.25) is 0 Å². The Hall–Kier alpha value is -1.72. The van der Waals surface area contributed by atoms with Crippen LogP contribution in [-0.2, 0) is 0 Å². The second-order valence-electron chi connectivity index (χ2n) is 3.97. The van der Waals surface area contributed by atoms with Crippen LogP contribution in [0.2, 0.25) is 0 Å². The molecule has 0 aliphatic heterocycles. The van der Waals surface area contributed by atoms with E-state index < -0.39 is 23.7 Å². The summed E-state index contributed by atoms with van der Waals surface area (Å²) in [5, 5.41) is 10.1. The zero-order valence-corrected chi connectivity index (χ0v) is 9.51. The maximum Gasteiger partial charge on any atom is 0.132 e. The Labute approximate surface area is 103 Å². The van der Waals surface area contributed by atoms with Crippen LogP contribution in [0.5, 0.6) is 0 Å². The first-order chi connectivity index (χ1) is 8.63. The van der Waals surface area contributed by atoms with Crippen molar-refractivity contribution in [2.24, 2.45) is 5.73 Å². The highest BCUT2D eigenvalue weighted by molar-refractivity contribution is 5.26. The molecule has 1 aromatic carbocycles. The van der Waals surface area contributed by atoms with Gasteiger partial charge in [-0.15, -0.1) is 0 Å². The van der Waals surface area contributed by atoms with E-state index in [2.05, 4.69) is 0 Å². The van der Waals surface area contributed by atoms with Crippen molar-refractivity contribution in [3.05, 3.63) is 59.6 Å². The summed E-state index contributed by atoms with van der Waals surface area (Å²) in [7, 11) is 0. The lowest BCUT2D eigenvalue weighted by atomic mass is 9.91. The fourth-order valence-electron chi connectivity index (χ4n) is 1.89. The van der Waals surface area contributed by atoms with Gasteiger partial charge in [-0.25, -0.2) is 8.78 Å². The molecule has 2 unspecified atom stereocenters. The molecule has 0 saturated carbocycles. The number of hydrogen-bond donors (Lipinski definition) is 2. The minimum atomic E-state index is -1.06. The zero-order valence-electron chi connectivity index (χ0n) is 9.51. The van der Waals surface area contributed by atoms with Crippen molar-refractivity contribution >= 4 is 0 Å². The van der Waals surface area contributed by atoms with E-state index in [9.17, 15) is 13.9 Å². The normalized spacial score (nSPS) is 14.4. The quantitative estimate of drug-likeness (QED) is 0.879. The van der Waals surface area contributed by atoms with Crippen molar-refractivity contribution in [1.82, 2.24) is 0 Å². The summed E-state index contributed by atoms with van der Waals surface area (Å²) in [5.41, 5.74) is 5.73. The minimum absolute atomic E-state index is 0.0183. The lowest BCUT2D eigenvalue weighted by Gasteiger charge is -2.20. The fraction of sp³-hybridized carbons (Fsp3) is 0.231. The van der Waals surface area contributed by atoms with Crippen molar-refractivity contribution in [3.63, 3.8) is 0 Å². The van der Waals surface area contributed by atoms with Gasteiger partial charge in [0.25, 0.3) is 0 Å². The molecule has 96 valence electrons. The summed E-state index contributed by atoms with van der Waals surface area (Å²) in [4.78, 5) is 0. The average molecular weight is 253 g/mol. The smallest absolute Gasteiger partial charge is 0.132 e. The van der Waals surface area contributed by atoms with Gasteiger partial charge in [0.05, 0.1) is 6.26 Å². The van der Waals surface area contributed by atoms with E-state index in [0.29, 0.717) is 5.76 Å². The number of rotatable bonds is 4. The highest BCUT2D eigenvalue weighted by Crippen LogP contribution is 2.32. The van der Waals surface area contributed by atoms with E-state index in [4.69, 9.17) is 10.2 Å². The zero-order chi connectivity index (χ0) is 13.1. The molecule has 0 spiro atoms. The van der Waals surface area contributed by atoms with E-state index in [-0.39, 0.29) is 12.1 Å². The number of furan rings is 1. The molecular formula is C13H13F2NO2. The maximum atomic E-state index is 13.7. The molecule has 0 radical (unpaired) electrons. The molecule has 0 fully saturated rings. The Bertz CT molecular complexity index is 514. The van der Waals surface area contributed by atoms with E-state index in [1.54, 1.807) is 12.1 Å². The standard InChI is InChI=1S/C13H13F2NO2/c14-8-3-4-9(11(15)6-8)10(7-16)13(17)12-2-1-5-18-12/h1-6,10,13,17H,7,16H2. The molecule has 0 aliphatic carbocycles. The number of aliphatic hydroxyl groups is 1. The summed E-state index contributed by atoms with van der Waals surface area (Å²) >= 11 is 0. The van der Waals surface area contributed by atoms with Crippen LogP contribution in [0.15, 0.2) is 41.0 Å². The van der Waals surface area contributed by atoms with Crippen molar-refractivity contribution < 1.29 is 18.3 Å². The van der Waals surface area contributed by atoms with Crippen molar-refractivity contribution in [1.29, 1.82) is 0 Å². The van der Waals surface area contributed by atoms with Crippen LogP contribution in [-0.4, -0.2) is 11.7 Å². The SMILES string of the molecule is NCC(c1ccc(F)cc1F)C(O)c1ccco1. The Balaban J connectivity index is 2.33. The number of nitrogens with two attached hydrogens (primary N) is 1. The second kappa shape index (κ2) is 5.29. The first-order valence-electron chi connectivity index (χ1n) is 5.50. The van der Waals surface area contributed by atoms with Gasteiger partial charge in [0.15, 0.2) is 0 Å². The molecular weight excluding hydrogens is 240 g/mol. The van der Waals surface area contributed by atoms with Crippen LogP contribution in [0.25, 0.3) is 0 Å². The molecule has 3 N–H and O–H groups in total. The van der Waals surface area contributed by atoms with Gasteiger partial charge in [0.1, 0.15) is 23.5 Å². The summed E-state index contributed by atoms with van der Waals surface area (Å²) in [6.07, 6.45) is 0.345. The van der Waals surface area contributed by atoms with E-state index in [0.717, 1.165) is 12.1 Å². The summed E-state index contributed by atoms with van der Waals surface area (Å²) in [6.45, 7) is 0.0183. The monoisotopic (exact) mass is 253 g/mol. The summed E-state index contributed by atoms with van der Waals surface area (Å²) < 4.78 is 31.6. The molecule has 2 aromatic rings. The minimum Gasteiger partial charge on any atom is -0.467 e. The van der Waals surface area contributed by atoms with Crippen LogP contribution in [0.1, 0.15) is 23.3 Å². The molecule has 3 nitrogen and oxygen atoms in total. The molecule has 1 aromatic heterocycles. The molecule has 0 bridgehead atoms.